The summed E-state index contributed by atoms with van der Waals surface area (Å²) in [5.74, 6) is 0.262. The molecule has 0 aromatic carbocycles. The van der Waals surface area contributed by atoms with Crippen molar-refractivity contribution in [1.82, 2.24) is 14.7 Å². The first-order chi connectivity index (χ1) is 8.13. The fraction of sp³-hybridized carbons (Fsp3) is 0.700. The van der Waals surface area contributed by atoms with Gasteiger partial charge in [-0.3, -0.25) is 0 Å². The summed E-state index contributed by atoms with van der Waals surface area (Å²) >= 11 is 0. The van der Waals surface area contributed by atoms with Crippen LogP contribution >= 0.6 is 0 Å². The maximum atomic E-state index is 11.8. The van der Waals surface area contributed by atoms with Gasteiger partial charge >= 0.3 is 0 Å². The third-order valence-corrected chi connectivity index (χ3v) is 4.40. The van der Waals surface area contributed by atoms with E-state index in [1.54, 1.807) is 0 Å². The Hall–Kier alpha value is -0.920. The van der Waals surface area contributed by atoms with E-state index in [-0.39, 0.29) is 17.0 Å². The van der Waals surface area contributed by atoms with Gasteiger partial charge in [0.25, 0.3) is 10.0 Å². The quantitative estimate of drug-likeness (QED) is 0.806. The molecule has 0 spiro atoms. The lowest BCUT2D eigenvalue weighted by Gasteiger charge is -2.16. The number of sulfonamides is 1. The molecule has 1 fully saturated rings. The molecule has 2 N–H and O–H groups in total. The fourth-order valence-corrected chi connectivity index (χ4v) is 3.06. The van der Waals surface area contributed by atoms with Gasteiger partial charge in [0.2, 0.25) is 0 Å². The minimum Gasteiger partial charge on any atom is -0.378 e. The van der Waals surface area contributed by atoms with Crippen LogP contribution in [0.15, 0.2) is 17.6 Å². The number of H-pyrrole nitrogens is 1. The second-order valence-corrected chi connectivity index (χ2v) is 5.87. The Morgan fingerprint density at radius 1 is 1.65 bits per heavy atom. The monoisotopic (exact) mass is 259 g/mol. The molecule has 2 rings (SSSR count). The van der Waals surface area contributed by atoms with Gasteiger partial charge in [0.05, 0.1) is 18.6 Å². The molecule has 0 amide bonds. The number of imidazole rings is 1. The number of ether oxygens (including phenoxy) is 1. The molecule has 0 aliphatic carbocycles. The molecule has 6 nitrogen and oxygen atoms in total. The lowest BCUT2D eigenvalue weighted by molar-refractivity contribution is 0.0884. The third-order valence-electron chi connectivity index (χ3n) is 3.05. The van der Waals surface area contributed by atoms with Crippen LogP contribution in [-0.2, 0) is 14.8 Å². The number of aromatic nitrogens is 2. The number of rotatable bonds is 5. The van der Waals surface area contributed by atoms with Crippen LogP contribution in [0.1, 0.15) is 19.8 Å². The van der Waals surface area contributed by atoms with Gasteiger partial charge in [-0.25, -0.2) is 18.1 Å². The number of nitrogens with one attached hydrogen (secondary N) is 2. The Labute approximate surface area is 101 Å². The summed E-state index contributed by atoms with van der Waals surface area (Å²) in [5.41, 5.74) is 0. The van der Waals surface area contributed by atoms with Gasteiger partial charge < -0.3 is 9.72 Å². The van der Waals surface area contributed by atoms with E-state index >= 15 is 0 Å². The number of hydrogen-bond acceptors (Lipinski definition) is 4. The molecule has 1 aliphatic rings. The minimum atomic E-state index is -3.46. The smallest absolute Gasteiger partial charge is 0.257 e. The van der Waals surface area contributed by atoms with Crippen LogP contribution in [0.5, 0.6) is 0 Å². The maximum absolute atomic E-state index is 11.8. The van der Waals surface area contributed by atoms with Crippen molar-refractivity contribution in [1.29, 1.82) is 0 Å². The molecule has 0 saturated carbocycles. The summed E-state index contributed by atoms with van der Waals surface area (Å²) in [4.78, 5) is 6.29. The largest absolute Gasteiger partial charge is 0.378 e. The molecule has 17 heavy (non-hydrogen) atoms. The van der Waals surface area contributed by atoms with Gasteiger partial charge in [-0.2, -0.15) is 0 Å². The first-order valence-corrected chi connectivity index (χ1v) is 7.21. The van der Waals surface area contributed by atoms with Crippen molar-refractivity contribution >= 4 is 10.0 Å². The van der Waals surface area contributed by atoms with E-state index in [1.807, 2.05) is 6.92 Å². The Kier molecular flexibility index (Phi) is 3.80. The molecule has 1 aromatic heterocycles. The van der Waals surface area contributed by atoms with Crippen molar-refractivity contribution in [3.63, 3.8) is 0 Å². The van der Waals surface area contributed by atoms with Gasteiger partial charge in [0.1, 0.15) is 0 Å². The van der Waals surface area contributed by atoms with Crippen molar-refractivity contribution < 1.29 is 13.2 Å². The summed E-state index contributed by atoms with van der Waals surface area (Å²) in [6.07, 6.45) is 4.63. The summed E-state index contributed by atoms with van der Waals surface area (Å²) < 4.78 is 31.7. The van der Waals surface area contributed by atoms with E-state index < -0.39 is 10.0 Å². The highest BCUT2D eigenvalue weighted by Crippen LogP contribution is 2.22. The fourth-order valence-electron chi connectivity index (χ4n) is 2.06. The Morgan fingerprint density at radius 3 is 3.12 bits per heavy atom. The van der Waals surface area contributed by atoms with E-state index in [1.165, 1.54) is 12.5 Å². The molecule has 1 saturated heterocycles. The second kappa shape index (κ2) is 5.16. The molecule has 0 bridgehead atoms. The van der Waals surface area contributed by atoms with Crippen LogP contribution < -0.4 is 4.72 Å². The van der Waals surface area contributed by atoms with E-state index in [2.05, 4.69) is 14.7 Å². The van der Waals surface area contributed by atoms with Gasteiger partial charge in [0.15, 0.2) is 5.03 Å². The summed E-state index contributed by atoms with van der Waals surface area (Å²) in [7, 11) is -3.46. The van der Waals surface area contributed by atoms with Crippen molar-refractivity contribution in [2.75, 3.05) is 13.2 Å². The van der Waals surface area contributed by atoms with E-state index in [0.717, 1.165) is 19.4 Å². The normalized spacial score (nSPS) is 25.2. The average molecular weight is 259 g/mol. The number of aromatic amines is 1. The predicted octanol–water partition coefficient (Wildman–Crippen LogP) is 0.503. The van der Waals surface area contributed by atoms with Crippen LogP contribution in [0.3, 0.4) is 0 Å². The summed E-state index contributed by atoms with van der Waals surface area (Å²) in [5, 5.41) is 0.101. The zero-order chi connectivity index (χ0) is 12.3. The molecular formula is C10H17N3O3S. The van der Waals surface area contributed by atoms with Gasteiger partial charge in [-0.15, -0.1) is 0 Å². The van der Waals surface area contributed by atoms with Crippen LogP contribution in [-0.4, -0.2) is 37.6 Å². The molecule has 7 heteroatoms. The van der Waals surface area contributed by atoms with Crippen LogP contribution in [0.2, 0.25) is 0 Å². The first kappa shape index (κ1) is 12.5. The standard InChI is InChI=1S/C10H17N3O3S/c1-2-9-8(3-4-16-9)5-13-17(14,15)10-6-11-7-12-10/h6-9,13H,2-5H2,1H3,(H,11,12). The van der Waals surface area contributed by atoms with Crippen LogP contribution in [0, 0.1) is 5.92 Å². The van der Waals surface area contributed by atoms with Gasteiger partial charge in [-0.05, 0) is 12.8 Å². The number of nitrogens with zero attached hydrogens (tertiary/aromatic N) is 1. The zero-order valence-electron chi connectivity index (χ0n) is 9.72. The van der Waals surface area contributed by atoms with E-state index in [9.17, 15) is 8.42 Å². The summed E-state index contributed by atoms with van der Waals surface area (Å²) in [6, 6.07) is 0. The Balaban J connectivity index is 1.94. The molecule has 2 atom stereocenters. The number of hydrogen-bond donors (Lipinski definition) is 2. The lowest BCUT2D eigenvalue weighted by Crippen LogP contribution is -2.32. The summed E-state index contributed by atoms with van der Waals surface area (Å²) in [6.45, 7) is 3.18. The molecular weight excluding hydrogens is 242 g/mol. The molecule has 1 aliphatic heterocycles. The van der Waals surface area contributed by atoms with Crippen LogP contribution in [0.4, 0.5) is 0 Å². The zero-order valence-corrected chi connectivity index (χ0v) is 10.5. The van der Waals surface area contributed by atoms with E-state index in [4.69, 9.17) is 4.74 Å². The SMILES string of the molecule is CCC1OCCC1CNS(=O)(=O)c1cnc[nH]1. The molecule has 96 valence electrons. The second-order valence-electron chi connectivity index (χ2n) is 4.13. The average Bonchev–Trinajstić information content (AvgIpc) is 2.97. The highest BCUT2D eigenvalue weighted by Gasteiger charge is 2.28. The maximum Gasteiger partial charge on any atom is 0.257 e. The van der Waals surface area contributed by atoms with Gasteiger partial charge in [-0.1, -0.05) is 6.92 Å². The first-order valence-electron chi connectivity index (χ1n) is 5.73. The lowest BCUT2D eigenvalue weighted by atomic mass is 10.0. The van der Waals surface area contributed by atoms with Crippen molar-refractivity contribution in [2.45, 2.75) is 30.9 Å². The topological polar surface area (TPSA) is 84.1 Å². The minimum absolute atomic E-state index is 0.101. The Bertz CT molecular complexity index is 443. The molecule has 0 radical (unpaired) electrons. The highest BCUT2D eigenvalue weighted by molar-refractivity contribution is 7.89. The third kappa shape index (κ3) is 2.85. The van der Waals surface area contributed by atoms with Crippen LogP contribution in [0.25, 0.3) is 0 Å². The van der Waals surface area contributed by atoms with Crippen molar-refractivity contribution in [3.8, 4) is 0 Å². The predicted molar refractivity (Wildman–Crippen MR) is 61.9 cm³/mol. The molecule has 1 aromatic rings. The molecule has 2 heterocycles. The van der Waals surface area contributed by atoms with E-state index in [0.29, 0.717) is 6.54 Å². The van der Waals surface area contributed by atoms with Crippen molar-refractivity contribution in [3.05, 3.63) is 12.5 Å². The van der Waals surface area contributed by atoms with Crippen molar-refractivity contribution in [2.24, 2.45) is 5.92 Å². The highest BCUT2D eigenvalue weighted by atomic mass is 32.2. The molecule has 2 unspecified atom stereocenters. The van der Waals surface area contributed by atoms with Gasteiger partial charge in [0, 0.05) is 19.1 Å². The Morgan fingerprint density at radius 2 is 2.47 bits per heavy atom.